The SMILES string of the molecule is COc1cc2cncc(-c3nnnn3CCO)c2cc1OC. The molecule has 0 spiro atoms. The average Bonchev–Trinajstić information content (AvgIpc) is 3.01. The summed E-state index contributed by atoms with van der Waals surface area (Å²) in [6, 6.07) is 3.72. The molecule has 2 heterocycles. The van der Waals surface area contributed by atoms with Crippen molar-refractivity contribution in [1.82, 2.24) is 25.2 Å². The number of nitrogens with zero attached hydrogens (tertiary/aromatic N) is 5. The number of aliphatic hydroxyl groups is 1. The van der Waals surface area contributed by atoms with Crippen molar-refractivity contribution < 1.29 is 14.6 Å². The lowest BCUT2D eigenvalue weighted by Crippen LogP contribution is -2.06. The second-order valence-electron chi connectivity index (χ2n) is 4.56. The Balaban J connectivity index is 2.23. The van der Waals surface area contributed by atoms with Crippen LogP contribution in [0, 0.1) is 0 Å². The fraction of sp³-hybridized carbons (Fsp3) is 0.286. The molecule has 0 radical (unpaired) electrons. The van der Waals surface area contributed by atoms with E-state index in [0.29, 0.717) is 23.9 Å². The van der Waals surface area contributed by atoms with Gasteiger partial charge in [0, 0.05) is 23.3 Å². The van der Waals surface area contributed by atoms with Crippen LogP contribution in [0.3, 0.4) is 0 Å². The first-order valence-electron chi connectivity index (χ1n) is 6.65. The number of aromatic nitrogens is 5. The zero-order valence-corrected chi connectivity index (χ0v) is 12.2. The molecule has 8 heteroatoms. The van der Waals surface area contributed by atoms with Crippen LogP contribution in [-0.4, -0.2) is 51.1 Å². The molecule has 0 saturated carbocycles. The van der Waals surface area contributed by atoms with Crippen molar-refractivity contribution in [3.63, 3.8) is 0 Å². The van der Waals surface area contributed by atoms with Crippen molar-refractivity contribution >= 4 is 10.8 Å². The molecule has 1 N–H and O–H groups in total. The normalized spacial score (nSPS) is 10.9. The number of aliphatic hydroxyl groups excluding tert-OH is 1. The van der Waals surface area contributed by atoms with E-state index in [1.807, 2.05) is 12.1 Å². The van der Waals surface area contributed by atoms with Gasteiger partial charge in [-0.25, -0.2) is 4.68 Å². The molecule has 2 aromatic heterocycles. The molecule has 22 heavy (non-hydrogen) atoms. The van der Waals surface area contributed by atoms with Gasteiger partial charge in [-0.05, 0) is 27.9 Å². The van der Waals surface area contributed by atoms with E-state index in [9.17, 15) is 0 Å². The Morgan fingerprint density at radius 1 is 1.14 bits per heavy atom. The number of methoxy groups -OCH3 is 2. The third-order valence-corrected chi connectivity index (χ3v) is 3.35. The third kappa shape index (κ3) is 2.33. The van der Waals surface area contributed by atoms with Crippen molar-refractivity contribution in [2.24, 2.45) is 0 Å². The molecule has 3 rings (SSSR count). The minimum absolute atomic E-state index is 0.0482. The van der Waals surface area contributed by atoms with Crippen LogP contribution < -0.4 is 9.47 Å². The van der Waals surface area contributed by atoms with E-state index in [2.05, 4.69) is 20.5 Å². The van der Waals surface area contributed by atoms with Gasteiger partial charge in [-0.3, -0.25) is 4.98 Å². The van der Waals surface area contributed by atoms with Gasteiger partial charge in [0.2, 0.25) is 0 Å². The first-order valence-corrected chi connectivity index (χ1v) is 6.65. The lowest BCUT2D eigenvalue weighted by Gasteiger charge is -2.11. The topological polar surface area (TPSA) is 95.2 Å². The zero-order chi connectivity index (χ0) is 15.5. The number of rotatable bonds is 5. The van der Waals surface area contributed by atoms with E-state index >= 15 is 0 Å². The van der Waals surface area contributed by atoms with E-state index in [4.69, 9.17) is 14.6 Å². The molecule has 114 valence electrons. The van der Waals surface area contributed by atoms with Crippen LogP contribution >= 0.6 is 0 Å². The summed E-state index contributed by atoms with van der Waals surface area (Å²) in [6.45, 7) is 0.263. The van der Waals surface area contributed by atoms with Crippen LogP contribution in [0.15, 0.2) is 24.5 Å². The van der Waals surface area contributed by atoms with E-state index in [-0.39, 0.29) is 6.61 Å². The van der Waals surface area contributed by atoms with Crippen molar-refractivity contribution in [3.8, 4) is 22.9 Å². The molecule has 8 nitrogen and oxygen atoms in total. The summed E-state index contributed by atoms with van der Waals surface area (Å²) in [5.41, 5.74) is 0.761. The van der Waals surface area contributed by atoms with Crippen LogP contribution in [0.25, 0.3) is 22.2 Å². The maximum atomic E-state index is 9.10. The van der Waals surface area contributed by atoms with E-state index in [1.54, 1.807) is 26.6 Å². The fourth-order valence-corrected chi connectivity index (χ4v) is 2.32. The maximum Gasteiger partial charge on any atom is 0.184 e. The van der Waals surface area contributed by atoms with Crippen molar-refractivity contribution in [3.05, 3.63) is 24.5 Å². The number of benzene rings is 1. The Kier molecular flexibility index (Phi) is 3.84. The molecule has 0 fully saturated rings. The minimum Gasteiger partial charge on any atom is -0.493 e. The quantitative estimate of drug-likeness (QED) is 0.748. The minimum atomic E-state index is -0.0482. The summed E-state index contributed by atoms with van der Waals surface area (Å²) in [4.78, 5) is 4.23. The molecule has 0 saturated heterocycles. The number of hydrogen-bond acceptors (Lipinski definition) is 7. The van der Waals surface area contributed by atoms with Crippen molar-refractivity contribution in [2.75, 3.05) is 20.8 Å². The number of pyridine rings is 1. The number of tetrazole rings is 1. The van der Waals surface area contributed by atoms with Crippen LogP contribution in [-0.2, 0) is 6.54 Å². The van der Waals surface area contributed by atoms with Gasteiger partial charge in [0.15, 0.2) is 17.3 Å². The van der Waals surface area contributed by atoms with Crippen molar-refractivity contribution in [2.45, 2.75) is 6.54 Å². The molecule has 1 aromatic carbocycles. The summed E-state index contributed by atoms with van der Waals surface area (Å²) in [6.07, 6.45) is 3.43. The van der Waals surface area contributed by atoms with E-state index < -0.39 is 0 Å². The second kappa shape index (κ2) is 5.94. The molecule has 0 bridgehead atoms. The first kappa shape index (κ1) is 14.2. The molecule has 0 aliphatic heterocycles. The Morgan fingerprint density at radius 2 is 1.91 bits per heavy atom. The van der Waals surface area contributed by atoms with Gasteiger partial charge in [0.1, 0.15) is 0 Å². The largest absolute Gasteiger partial charge is 0.493 e. The predicted molar refractivity (Wildman–Crippen MR) is 78.7 cm³/mol. The summed E-state index contributed by atoms with van der Waals surface area (Å²) >= 11 is 0. The van der Waals surface area contributed by atoms with Gasteiger partial charge in [-0.2, -0.15) is 0 Å². The van der Waals surface area contributed by atoms with E-state index in [0.717, 1.165) is 16.3 Å². The lowest BCUT2D eigenvalue weighted by molar-refractivity contribution is 0.269. The summed E-state index contributed by atoms with van der Waals surface area (Å²) in [7, 11) is 3.17. The number of hydrogen-bond donors (Lipinski definition) is 1. The van der Waals surface area contributed by atoms with E-state index in [1.165, 1.54) is 4.68 Å². The predicted octanol–water partition coefficient (Wildman–Crippen LogP) is 0.898. The van der Waals surface area contributed by atoms with Gasteiger partial charge in [0.05, 0.1) is 27.4 Å². The molecular weight excluding hydrogens is 286 g/mol. The fourth-order valence-electron chi connectivity index (χ4n) is 2.32. The monoisotopic (exact) mass is 301 g/mol. The highest BCUT2D eigenvalue weighted by molar-refractivity contribution is 5.96. The van der Waals surface area contributed by atoms with Gasteiger partial charge in [0.25, 0.3) is 0 Å². The van der Waals surface area contributed by atoms with Crippen molar-refractivity contribution in [1.29, 1.82) is 0 Å². The van der Waals surface area contributed by atoms with Gasteiger partial charge >= 0.3 is 0 Å². The van der Waals surface area contributed by atoms with Crippen LogP contribution in [0.1, 0.15) is 0 Å². The standard InChI is InChI=1S/C14H15N5O3/c1-21-12-5-9-7-15-8-11(10(9)6-13(12)22-2)14-16-17-18-19(14)3-4-20/h5-8,20H,3-4H2,1-2H3. The highest BCUT2D eigenvalue weighted by Gasteiger charge is 2.15. The second-order valence-corrected chi connectivity index (χ2v) is 4.56. The van der Waals surface area contributed by atoms with Crippen LogP contribution in [0.2, 0.25) is 0 Å². The third-order valence-electron chi connectivity index (χ3n) is 3.35. The summed E-state index contributed by atoms with van der Waals surface area (Å²) < 4.78 is 12.2. The van der Waals surface area contributed by atoms with Crippen LogP contribution in [0.5, 0.6) is 11.5 Å². The summed E-state index contributed by atoms with van der Waals surface area (Å²) in [5, 5.41) is 22.5. The zero-order valence-electron chi connectivity index (χ0n) is 12.2. The molecule has 0 aliphatic rings. The molecular formula is C14H15N5O3. The molecule has 0 unspecified atom stereocenters. The highest BCUT2D eigenvalue weighted by Crippen LogP contribution is 2.35. The highest BCUT2D eigenvalue weighted by atomic mass is 16.5. The van der Waals surface area contributed by atoms with Gasteiger partial charge in [-0.15, -0.1) is 5.10 Å². The average molecular weight is 301 g/mol. The Labute approximate surface area is 126 Å². The summed E-state index contributed by atoms with van der Waals surface area (Å²) in [5.74, 6) is 1.78. The van der Waals surface area contributed by atoms with Crippen LogP contribution in [0.4, 0.5) is 0 Å². The lowest BCUT2D eigenvalue weighted by atomic mass is 10.1. The molecule has 3 aromatic rings. The molecule has 0 atom stereocenters. The van der Waals surface area contributed by atoms with Gasteiger partial charge in [-0.1, -0.05) is 0 Å². The molecule has 0 aliphatic carbocycles. The maximum absolute atomic E-state index is 9.10. The molecule has 0 amide bonds. The Bertz CT molecular complexity index is 802. The Morgan fingerprint density at radius 3 is 2.64 bits per heavy atom. The Hall–Kier alpha value is -2.74. The number of fused-ring (bicyclic) bond motifs is 1. The number of ether oxygens (including phenoxy) is 2. The van der Waals surface area contributed by atoms with Gasteiger partial charge < -0.3 is 14.6 Å². The smallest absolute Gasteiger partial charge is 0.184 e. The first-order chi connectivity index (χ1) is 10.8.